The van der Waals surface area contributed by atoms with Crippen molar-refractivity contribution in [2.75, 3.05) is 10.6 Å². The van der Waals surface area contributed by atoms with Crippen molar-refractivity contribution in [3.8, 4) is 17.5 Å². The number of carbonyl (C=O) groups is 2. The number of alkyl halides is 3. The molecule has 1 fully saturated rings. The first kappa shape index (κ1) is 25.8. The predicted octanol–water partition coefficient (Wildman–Crippen LogP) is 4.27. The Morgan fingerprint density at radius 2 is 2.05 bits per heavy atom. The van der Waals surface area contributed by atoms with Gasteiger partial charge in [-0.2, -0.15) is 18.4 Å². The van der Waals surface area contributed by atoms with E-state index in [-0.39, 0.29) is 28.0 Å². The van der Waals surface area contributed by atoms with Gasteiger partial charge < -0.3 is 10.1 Å². The number of aryl methyl sites for hydroxylation is 1. The summed E-state index contributed by atoms with van der Waals surface area (Å²) in [6, 6.07) is 7.60. The Hall–Kier alpha value is -4.25. The lowest BCUT2D eigenvalue weighted by Crippen LogP contribution is -2.29. The molecular weight excluding hydrogens is 517 g/mol. The summed E-state index contributed by atoms with van der Waals surface area (Å²) >= 11 is 6.04. The van der Waals surface area contributed by atoms with Gasteiger partial charge in [0.1, 0.15) is 16.7 Å². The zero-order chi connectivity index (χ0) is 27.0. The number of nitrogens with zero attached hydrogens (tertiary/aromatic N) is 6. The number of halogens is 4. The first-order valence-electron chi connectivity index (χ1n) is 10.7. The van der Waals surface area contributed by atoms with E-state index in [0.29, 0.717) is 5.56 Å². The molecule has 15 heteroatoms. The summed E-state index contributed by atoms with van der Waals surface area (Å²) in [5.74, 6) is -2.92. The van der Waals surface area contributed by atoms with Gasteiger partial charge in [-0.3, -0.25) is 15.1 Å². The number of carbonyl (C=O) groups excluding carboxylic acids is 2. The van der Waals surface area contributed by atoms with E-state index in [1.807, 2.05) is 0 Å². The summed E-state index contributed by atoms with van der Waals surface area (Å²) in [4.78, 5) is 33.0. The van der Waals surface area contributed by atoms with Crippen molar-refractivity contribution >= 4 is 35.1 Å². The number of amides is 2. The molecule has 0 saturated heterocycles. The second-order valence-corrected chi connectivity index (χ2v) is 8.59. The number of nitrogens with one attached hydrogen (secondary N) is 2. The number of anilines is 2. The van der Waals surface area contributed by atoms with Crippen LogP contribution in [0.2, 0.25) is 5.15 Å². The number of hydrogen-bond acceptors (Lipinski definition) is 8. The van der Waals surface area contributed by atoms with Gasteiger partial charge in [-0.15, -0.1) is 5.10 Å². The summed E-state index contributed by atoms with van der Waals surface area (Å²) in [7, 11) is 1.52. The molecule has 0 aromatic carbocycles. The molecule has 2 unspecified atom stereocenters. The van der Waals surface area contributed by atoms with Crippen molar-refractivity contribution in [1.29, 1.82) is 5.26 Å². The van der Waals surface area contributed by atoms with Crippen LogP contribution in [0.4, 0.5) is 29.5 Å². The third-order valence-corrected chi connectivity index (χ3v) is 6.10. The predicted molar refractivity (Wildman–Crippen MR) is 123 cm³/mol. The fourth-order valence-corrected chi connectivity index (χ4v) is 3.93. The highest BCUT2D eigenvalue weighted by molar-refractivity contribution is 6.30. The highest BCUT2D eigenvalue weighted by Crippen LogP contribution is 2.60. The third kappa shape index (κ3) is 5.17. The van der Waals surface area contributed by atoms with Gasteiger partial charge in [0.15, 0.2) is 11.5 Å². The van der Waals surface area contributed by atoms with Gasteiger partial charge in [-0.1, -0.05) is 22.9 Å². The van der Waals surface area contributed by atoms with Gasteiger partial charge in [-0.25, -0.2) is 14.5 Å². The maximum absolute atomic E-state index is 13.0. The summed E-state index contributed by atoms with van der Waals surface area (Å²) in [6.07, 6.45) is -4.09. The monoisotopic (exact) mass is 534 g/mol. The van der Waals surface area contributed by atoms with E-state index in [0.717, 1.165) is 0 Å². The Labute approximate surface area is 212 Å². The highest BCUT2D eigenvalue weighted by Gasteiger charge is 2.71. The van der Waals surface area contributed by atoms with Crippen LogP contribution in [0.5, 0.6) is 0 Å². The van der Waals surface area contributed by atoms with Crippen molar-refractivity contribution in [3.63, 3.8) is 0 Å². The second-order valence-electron chi connectivity index (χ2n) is 8.23. The fourth-order valence-electron chi connectivity index (χ4n) is 3.66. The van der Waals surface area contributed by atoms with Crippen molar-refractivity contribution in [3.05, 3.63) is 47.4 Å². The molecule has 2 amide bonds. The molecular formula is C22H18ClF3N8O3. The van der Waals surface area contributed by atoms with Crippen LogP contribution < -0.4 is 10.6 Å². The molecule has 3 aromatic rings. The van der Waals surface area contributed by atoms with E-state index in [4.69, 9.17) is 16.3 Å². The van der Waals surface area contributed by atoms with E-state index in [9.17, 15) is 28.0 Å². The van der Waals surface area contributed by atoms with Crippen LogP contribution in [0.3, 0.4) is 0 Å². The minimum absolute atomic E-state index is 0.0798. The Bertz CT molecular complexity index is 1390. The van der Waals surface area contributed by atoms with Gasteiger partial charge in [0.2, 0.25) is 5.91 Å². The first-order chi connectivity index (χ1) is 17.5. The largest absolute Gasteiger partial charge is 0.441 e. The maximum atomic E-state index is 13.0. The molecule has 4 rings (SSSR count). The van der Waals surface area contributed by atoms with E-state index >= 15 is 0 Å². The molecule has 0 radical (unpaired) electrons. The molecule has 3 heterocycles. The third-order valence-electron chi connectivity index (χ3n) is 5.78. The standard InChI is InChI=1S/C22H18ClF3N8O3/c1-11(13-4-3-7-28-17(13)23)37-20(36)31-18-16(32-33-34(18)2)14-6-5-12(9-29-14)30-19(35)21(10-27)8-15(21)22(24,25)26/h3-7,9,11,15H,8H2,1-2H3,(H,30,35)(H,31,36)/t11-,15?,21?/m1/s1. The molecule has 192 valence electrons. The number of pyridine rings is 2. The smallest absolute Gasteiger partial charge is 0.413 e. The van der Waals surface area contributed by atoms with E-state index in [2.05, 4.69) is 30.9 Å². The number of nitriles is 1. The van der Waals surface area contributed by atoms with Crippen molar-refractivity contribution in [2.45, 2.75) is 25.6 Å². The summed E-state index contributed by atoms with van der Waals surface area (Å²) in [5, 5.41) is 22.0. The van der Waals surface area contributed by atoms with Crippen LogP contribution in [-0.4, -0.2) is 43.1 Å². The van der Waals surface area contributed by atoms with Gasteiger partial charge in [0.05, 0.1) is 29.6 Å². The Morgan fingerprint density at radius 1 is 1.30 bits per heavy atom. The zero-order valence-electron chi connectivity index (χ0n) is 19.2. The SMILES string of the molecule is C[C@@H](OC(=O)Nc1c(-c2ccc(NC(=O)C3(C#N)CC3C(F)(F)F)cn2)nnn1C)c1cccnc1Cl. The quantitative estimate of drug-likeness (QED) is 0.446. The van der Waals surface area contributed by atoms with Crippen molar-refractivity contribution in [1.82, 2.24) is 25.0 Å². The Morgan fingerprint density at radius 3 is 2.65 bits per heavy atom. The van der Waals surface area contributed by atoms with Crippen molar-refractivity contribution in [2.24, 2.45) is 18.4 Å². The molecule has 3 atom stereocenters. The lowest BCUT2D eigenvalue weighted by molar-refractivity contribution is -0.157. The molecule has 2 N–H and O–H groups in total. The molecule has 0 bridgehead atoms. The molecule has 1 aliphatic carbocycles. The average molecular weight is 535 g/mol. The molecule has 3 aromatic heterocycles. The first-order valence-corrected chi connectivity index (χ1v) is 11.1. The summed E-state index contributed by atoms with van der Waals surface area (Å²) < 4.78 is 45.5. The summed E-state index contributed by atoms with van der Waals surface area (Å²) in [5.41, 5.74) is -1.17. The lowest BCUT2D eigenvalue weighted by atomic mass is 10.0. The van der Waals surface area contributed by atoms with E-state index < -0.39 is 42.0 Å². The maximum Gasteiger partial charge on any atom is 0.413 e. The van der Waals surface area contributed by atoms with Gasteiger partial charge in [0.25, 0.3) is 0 Å². The minimum Gasteiger partial charge on any atom is -0.441 e. The van der Waals surface area contributed by atoms with Gasteiger partial charge in [-0.05, 0) is 31.5 Å². The Kier molecular flexibility index (Phi) is 6.74. The van der Waals surface area contributed by atoms with Crippen molar-refractivity contribution < 1.29 is 27.5 Å². The topological polar surface area (TPSA) is 148 Å². The highest BCUT2D eigenvalue weighted by atomic mass is 35.5. The molecule has 0 spiro atoms. The Balaban J connectivity index is 1.45. The normalized spacial score (nSPS) is 19.4. The van der Waals surface area contributed by atoms with Gasteiger partial charge in [0, 0.05) is 18.8 Å². The van der Waals surface area contributed by atoms with E-state index in [1.54, 1.807) is 19.1 Å². The molecule has 1 aliphatic rings. The summed E-state index contributed by atoms with van der Waals surface area (Å²) in [6.45, 7) is 1.62. The second kappa shape index (κ2) is 9.66. The molecule has 37 heavy (non-hydrogen) atoms. The molecule has 11 nitrogen and oxygen atoms in total. The van der Waals surface area contributed by atoms with Crippen LogP contribution in [-0.2, 0) is 16.6 Å². The van der Waals surface area contributed by atoms with Crippen LogP contribution in [0.15, 0.2) is 36.7 Å². The average Bonchev–Trinajstić information content (AvgIpc) is 3.53. The van der Waals surface area contributed by atoms with Crippen LogP contribution in [0, 0.1) is 22.7 Å². The van der Waals surface area contributed by atoms with Gasteiger partial charge >= 0.3 is 12.3 Å². The van der Waals surface area contributed by atoms with E-state index in [1.165, 1.54) is 42.3 Å². The number of aromatic nitrogens is 5. The van der Waals surface area contributed by atoms with Crippen LogP contribution in [0.25, 0.3) is 11.4 Å². The number of hydrogen-bond donors (Lipinski definition) is 2. The molecule has 0 aliphatic heterocycles. The lowest BCUT2D eigenvalue weighted by Gasteiger charge is -2.15. The number of ether oxygens (including phenoxy) is 1. The fraction of sp³-hybridized carbons (Fsp3) is 0.318. The van der Waals surface area contributed by atoms with Crippen LogP contribution >= 0.6 is 11.6 Å². The van der Waals surface area contributed by atoms with Crippen LogP contribution in [0.1, 0.15) is 25.0 Å². The number of rotatable bonds is 6. The molecule has 1 saturated carbocycles. The minimum atomic E-state index is -4.65. The zero-order valence-corrected chi connectivity index (χ0v) is 20.0.